The fraction of sp³-hybridized carbons (Fsp3) is 0.462. The normalized spacial score (nSPS) is 14.8. The summed E-state index contributed by atoms with van der Waals surface area (Å²) in [7, 11) is 0. The van der Waals surface area contributed by atoms with Crippen molar-refractivity contribution in [3.8, 4) is 0 Å². The highest BCUT2D eigenvalue weighted by Crippen LogP contribution is 2.37. The van der Waals surface area contributed by atoms with Crippen molar-refractivity contribution in [2.75, 3.05) is 11.9 Å². The van der Waals surface area contributed by atoms with Crippen LogP contribution in [0, 0.1) is 5.41 Å². The summed E-state index contributed by atoms with van der Waals surface area (Å²) in [6.45, 7) is 3.40. The number of hydrogen-bond acceptors (Lipinski definition) is 2. The van der Waals surface area contributed by atoms with Gasteiger partial charge in [0, 0.05) is 11.6 Å². The highest BCUT2D eigenvalue weighted by Gasteiger charge is 2.36. The highest BCUT2D eigenvalue weighted by molar-refractivity contribution is 6.30. The molecule has 1 amide bonds. The number of amides is 1. The second kappa shape index (κ2) is 6.01. The zero-order valence-corrected chi connectivity index (χ0v) is 11.9. The molecule has 7 heteroatoms. The van der Waals surface area contributed by atoms with Gasteiger partial charge in [0.1, 0.15) is 0 Å². The third kappa shape index (κ3) is 3.64. The summed E-state index contributed by atoms with van der Waals surface area (Å²) in [6.07, 6.45) is -4.18. The third-order valence-corrected chi connectivity index (χ3v) is 3.55. The molecule has 0 saturated heterocycles. The molecule has 0 aromatic heterocycles. The number of hydrogen-bond donors (Lipinski definition) is 2. The van der Waals surface area contributed by atoms with Crippen molar-refractivity contribution in [1.82, 2.24) is 0 Å². The van der Waals surface area contributed by atoms with Crippen molar-refractivity contribution in [3.63, 3.8) is 0 Å². The molecule has 3 nitrogen and oxygen atoms in total. The van der Waals surface area contributed by atoms with Gasteiger partial charge in [-0.3, -0.25) is 4.79 Å². The number of benzene rings is 1. The van der Waals surface area contributed by atoms with E-state index in [-0.39, 0.29) is 17.3 Å². The maximum absolute atomic E-state index is 12.9. The minimum absolute atomic E-state index is 0.0459. The maximum atomic E-state index is 12.9. The van der Waals surface area contributed by atoms with Crippen LogP contribution in [0.2, 0.25) is 5.02 Å². The van der Waals surface area contributed by atoms with Crippen molar-refractivity contribution < 1.29 is 18.0 Å². The molecule has 0 aliphatic rings. The van der Waals surface area contributed by atoms with Crippen LogP contribution < -0.4 is 11.1 Å². The molecule has 0 bridgehead atoms. The molecule has 0 aliphatic heterocycles. The first-order valence-corrected chi connectivity index (χ1v) is 6.40. The molecule has 0 aliphatic carbocycles. The first-order chi connectivity index (χ1) is 9.14. The lowest BCUT2D eigenvalue weighted by Gasteiger charge is -2.26. The Hall–Kier alpha value is -1.27. The van der Waals surface area contributed by atoms with Crippen molar-refractivity contribution in [1.29, 1.82) is 0 Å². The molecule has 1 aromatic rings. The molecule has 0 saturated carbocycles. The third-order valence-electron chi connectivity index (χ3n) is 3.31. The van der Waals surface area contributed by atoms with Crippen molar-refractivity contribution >= 4 is 23.2 Å². The van der Waals surface area contributed by atoms with Crippen LogP contribution in [0.4, 0.5) is 18.9 Å². The van der Waals surface area contributed by atoms with E-state index in [2.05, 4.69) is 5.32 Å². The molecule has 0 fully saturated rings. The summed E-state index contributed by atoms with van der Waals surface area (Å²) in [4.78, 5) is 12.1. The quantitative estimate of drug-likeness (QED) is 0.891. The van der Waals surface area contributed by atoms with Gasteiger partial charge in [-0.2, -0.15) is 13.2 Å². The summed E-state index contributed by atoms with van der Waals surface area (Å²) in [5.74, 6) is -0.546. The second-order valence-electron chi connectivity index (χ2n) is 4.76. The van der Waals surface area contributed by atoms with Crippen LogP contribution in [0.3, 0.4) is 0 Å². The Balaban J connectivity index is 3.13. The van der Waals surface area contributed by atoms with E-state index < -0.39 is 23.1 Å². The van der Waals surface area contributed by atoms with Crippen LogP contribution in [-0.4, -0.2) is 12.5 Å². The van der Waals surface area contributed by atoms with Gasteiger partial charge in [-0.1, -0.05) is 18.5 Å². The van der Waals surface area contributed by atoms with E-state index in [0.29, 0.717) is 6.42 Å². The average Bonchev–Trinajstić information content (AvgIpc) is 2.38. The SMILES string of the molecule is CCC(C)(CN)C(=O)Nc1ccc(Cl)cc1C(F)(F)F. The smallest absolute Gasteiger partial charge is 0.329 e. The molecular formula is C13H16ClF3N2O. The van der Waals surface area contributed by atoms with Gasteiger partial charge in [0.15, 0.2) is 0 Å². The summed E-state index contributed by atoms with van der Waals surface area (Å²) in [5, 5.41) is 2.24. The number of nitrogens with two attached hydrogens (primary N) is 1. The summed E-state index contributed by atoms with van der Waals surface area (Å²) >= 11 is 5.57. The Morgan fingerprint density at radius 3 is 2.45 bits per heavy atom. The number of carbonyl (C=O) groups excluding carboxylic acids is 1. The fourth-order valence-corrected chi connectivity index (χ4v) is 1.70. The molecule has 1 unspecified atom stereocenters. The Labute approximate surface area is 120 Å². The van der Waals surface area contributed by atoms with E-state index >= 15 is 0 Å². The lowest BCUT2D eigenvalue weighted by molar-refractivity contribution is -0.137. The average molecular weight is 309 g/mol. The second-order valence-corrected chi connectivity index (χ2v) is 5.20. The van der Waals surface area contributed by atoms with Crippen molar-refractivity contribution in [2.45, 2.75) is 26.4 Å². The minimum Gasteiger partial charge on any atom is -0.329 e. The standard InChI is InChI=1S/C13H16ClF3N2O/c1-3-12(2,7-18)11(20)19-10-5-4-8(14)6-9(10)13(15,16)17/h4-6H,3,7,18H2,1-2H3,(H,19,20). The predicted octanol–water partition coefficient (Wildman–Crippen LogP) is 3.67. The number of anilines is 1. The summed E-state index contributed by atoms with van der Waals surface area (Å²) < 4.78 is 38.7. The molecule has 0 heterocycles. The monoisotopic (exact) mass is 308 g/mol. The predicted molar refractivity (Wildman–Crippen MR) is 72.5 cm³/mol. The maximum Gasteiger partial charge on any atom is 0.418 e. The van der Waals surface area contributed by atoms with Crippen LogP contribution in [0.15, 0.2) is 18.2 Å². The lowest BCUT2D eigenvalue weighted by atomic mass is 9.86. The number of carbonyl (C=O) groups is 1. The Morgan fingerprint density at radius 1 is 1.40 bits per heavy atom. The number of alkyl halides is 3. The largest absolute Gasteiger partial charge is 0.418 e. The molecule has 0 radical (unpaired) electrons. The van der Waals surface area contributed by atoms with E-state index in [9.17, 15) is 18.0 Å². The van der Waals surface area contributed by atoms with Gasteiger partial charge < -0.3 is 11.1 Å². The van der Waals surface area contributed by atoms with Crippen LogP contribution in [0.1, 0.15) is 25.8 Å². The topological polar surface area (TPSA) is 55.1 Å². The zero-order chi connectivity index (χ0) is 15.6. The van der Waals surface area contributed by atoms with E-state index in [1.54, 1.807) is 13.8 Å². The van der Waals surface area contributed by atoms with Gasteiger partial charge >= 0.3 is 6.18 Å². The first-order valence-electron chi connectivity index (χ1n) is 6.02. The van der Waals surface area contributed by atoms with Gasteiger partial charge in [-0.05, 0) is 31.5 Å². The highest BCUT2D eigenvalue weighted by atomic mass is 35.5. The lowest BCUT2D eigenvalue weighted by Crippen LogP contribution is -2.39. The first kappa shape index (κ1) is 16.8. The van der Waals surface area contributed by atoms with Crippen LogP contribution in [-0.2, 0) is 11.0 Å². The van der Waals surface area contributed by atoms with Crippen molar-refractivity contribution in [2.24, 2.45) is 11.1 Å². The molecule has 1 atom stereocenters. The number of rotatable bonds is 4. The summed E-state index contributed by atoms with van der Waals surface area (Å²) in [6, 6.07) is 3.21. The summed E-state index contributed by atoms with van der Waals surface area (Å²) in [5.41, 5.74) is 3.30. The molecule has 0 spiro atoms. The Kier molecular flexibility index (Phi) is 5.05. The van der Waals surface area contributed by atoms with Crippen LogP contribution >= 0.6 is 11.6 Å². The van der Waals surface area contributed by atoms with Gasteiger partial charge in [0.2, 0.25) is 5.91 Å². The molecule has 20 heavy (non-hydrogen) atoms. The molecule has 112 valence electrons. The van der Waals surface area contributed by atoms with Gasteiger partial charge in [-0.25, -0.2) is 0 Å². The van der Waals surface area contributed by atoms with Crippen LogP contribution in [0.5, 0.6) is 0 Å². The van der Waals surface area contributed by atoms with Gasteiger partial charge in [0.25, 0.3) is 0 Å². The number of nitrogens with one attached hydrogen (secondary N) is 1. The van der Waals surface area contributed by atoms with Gasteiger partial charge in [-0.15, -0.1) is 0 Å². The Bertz CT molecular complexity index is 499. The van der Waals surface area contributed by atoms with E-state index in [4.69, 9.17) is 17.3 Å². The molecular weight excluding hydrogens is 293 g/mol. The molecule has 1 aromatic carbocycles. The fourth-order valence-electron chi connectivity index (χ4n) is 1.53. The molecule has 1 rings (SSSR count). The molecule has 3 N–H and O–H groups in total. The van der Waals surface area contributed by atoms with Crippen LogP contribution in [0.25, 0.3) is 0 Å². The van der Waals surface area contributed by atoms with E-state index in [1.807, 2.05) is 0 Å². The van der Waals surface area contributed by atoms with Gasteiger partial charge in [0.05, 0.1) is 16.7 Å². The zero-order valence-electron chi connectivity index (χ0n) is 11.1. The minimum atomic E-state index is -4.60. The number of halogens is 4. The van der Waals surface area contributed by atoms with E-state index in [0.717, 1.165) is 12.1 Å². The Morgan fingerprint density at radius 2 is 2.00 bits per heavy atom. The van der Waals surface area contributed by atoms with Crippen molar-refractivity contribution in [3.05, 3.63) is 28.8 Å². The van der Waals surface area contributed by atoms with E-state index in [1.165, 1.54) is 6.07 Å².